The van der Waals surface area contributed by atoms with Crippen LogP contribution in [-0.4, -0.2) is 47.0 Å². The van der Waals surface area contributed by atoms with Crippen LogP contribution in [0.25, 0.3) is 11.0 Å². The van der Waals surface area contributed by atoms with Gasteiger partial charge in [0, 0.05) is 30.1 Å². The van der Waals surface area contributed by atoms with Gasteiger partial charge in [-0.25, -0.2) is 0 Å². The third-order valence-electron chi connectivity index (χ3n) is 7.32. The molecule has 2 atom stereocenters. The summed E-state index contributed by atoms with van der Waals surface area (Å²) in [4.78, 5) is 28.7. The SMILES string of the molecule is COC(=O)C1CC1COc1cnc2ccc(=O)n(CCC34CCC(N)(CC3)CO4)c2c1. The number of ether oxygens (including phenoxy) is 3. The van der Waals surface area contributed by atoms with E-state index in [2.05, 4.69) is 4.98 Å². The highest BCUT2D eigenvalue weighted by molar-refractivity contribution is 5.76. The number of aryl methyl sites for hydroxylation is 1. The molecule has 8 heteroatoms. The molecule has 2 aromatic heterocycles. The largest absolute Gasteiger partial charge is 0.492 e. The highest BCUT2D eigenvalue weighted by Crippen LogP contribution is 2.44. The van der Waals surface area contributed by atoms with E-state index in [1.54, 1.807) is 22.9 Å². The molecule has 6 rings (SSSR count). The summed E-state index contributed by atoms with van der Waals surface area (Å²) in [6, 6.07) is 5.17. The zero-order chi connectivity index (χ0) is 21.6. The van der Waals surface area contributed by atoms with Crippen LogP contribution in [0.15, 0.2) is 29.2 Å². The van der Waals surface area contributed by atoms with Gasteiger partial charge in [0.1, 0.15) is 5.75 Å². The summed E-state index contributed by atoms with van der Waals surface area (Å²) >= 11 is 0. The van der Waals surface area contributed by atoms with Crippen LogP contribution in [0.4, 0.5) is 0 Å². The molecule has 2 saturated carbocycles. The van der Waals surface area contributed by atoms with E-state index in [9.17, 15) is 9.59 Å². The number of aromatic nitrogens is 2. The number of esters is 1. The Hall–Kier alpha value is -2.45. The molecule has 31 heavy (non-hydrogen) atoms. The summed E-state index contributed by atoms with van der Waals surface area (Å²) < 4.78 is 18.6. The van der Waals surface area contributed by atoms with Gasteiger partial charge in [-0.05, 0) is 44.6 Å². The van der Waals surface area contributed by atoms with Crippen LogP contribution >= 0.6 is 0 Å². The van der Waals surface area contributed by atoms with Crippen molar-refractivity contribution >= 4 is 17.0 Å². The van der Waals surface area contributed by atoms with Gasteiger partial charge in [-0.3, -0.25) is 14.6 Å². The van der Waals surface area contributed by atoms with Crippen LogP contribution in [0.1, 0.15) is 38.5 Å². The fourth-order valence-electron chi connectivity index (χ4n) is 4.96. The lowest BCUT2D eigenvalue weighted by Crippen LogP contribution is -2.59. The molecule has 2 aliphatic carbocycles. The Bertz CT molecular complexity index is 1040. The minimum atomic E-state index is -0.182. The number of fused-ring (bicyclic) bond motifs is 4. The number of nitrogens with zero attached hydrogens (tertiary/aromatic N) is 2. The number of hydrogen-bond donors (Lipinski definition) is 1. The van der Waals surface area contributed by atoms with Crippen LogP contribution < -0.4 is 16.0 Å². The van der Waals surface area contributed by atoms with Crippen LogP contribution in [0, 0.1) is 11.8 Å². The molecule has 0 amide bonds. The topological polar surface area (TPSA) is 106 Å². The Balaban J connectivity index is 1.31. The van der Waals surface area contributed by atoms with Crippen molar-refractivity contribution in [1.29, 1.82) is 0 Å². The summed E-state index contributed by atoms with van der Waals surface area (Å²) in [6.45, 7) is 1.60. The Kier molecular flexibility index (Phi) is 5.01. The van der Waals surface area contributed by atoms with Crippen molar-refractivity contribution in [2.45, 2.75) is 56.2 Å². The molecule has 4 heterocycles. The first-order valence-corrected chi connectivity index (χ1v) is 11.0. The summed E-state index contributed by atoms with van der Waals surface area (Å²) in [7, 11) is 1.41. The van der Waals surface area contributed by atoms with E-state index in [4.69, 9.17) is 19.9 Å². The zero-order valence-corrected chi connectivity index (χ0v) is 17.8. The molecule has 4 fully saturated rings. The van der Waals surface area contributed by atoms with Gasteiger partial charge >= 0.3 is 5.97 Å². The number of rotatable bonds is 7. The molecule has 0 radical (unpaired) electrons. The number of carbonyl (C=O) groups excluding carboxylic acids is 1. The van der Waals surface area contributed by atoms with Gasteiger partial charge < -0.3 is 24.5 Å². The molecule has 2 unspecified atom stereocenters. The predicted molar refractivity (Wildman–Crippen MR) is 114 cm³/mol. The van der Waals surface area contributed by atoms with Crippen LogP contribution in [0.3, 0.4) is 0 Å². The number of methoxy groups -OCH3 is 1. The van der Waals surface area contributed by atoms with Gasteiger partial charge in [0.25, 0.3) is 5.56 Å². The molecule has 2 aromatic rings. The molecule has 0 aromatic carbocycles. The molecular weight excluding hydrogens is 398 g/mol. The summed E-state index contributed by atoms with van der Waals surface area (Å²) in [5, 5.41) is 0. The average Bonchev–Trinajstić information content (AvgIpc) is 3.57. The number of nitrogens with two attached hydrogens (primary N) is 1. The Morgan fingerprint density at radius 1 is 1.32 bits per heavy atom. The first-order valence-electron chi connectivity index (χ1n) is 11.0. The fraction of sp³-hybridized carbons (Fsp3) is 0.609. The van der Waals surface area contributed by atoms with Crippen molar-refractivity contribution in [2.75, 3.05) is 20.3 Å². The molecule has 4 aliphatic rings. The smallest absolute Gasteiger partial charge is 0.309 e. The number of pyridine rings is 2. The highest BCUT2D eigenvalue weighted by Gasteiger charge is 2.47. The van der Waals surface area contributed by atoms with Gasteiger partial charge in [0.2, 0.25) is 0 Å². The lowest BCUT2D eigenvalue weighted by molar-refractivity contribution is -0.157. The van der Waals surface area contributed by atoms with Crippen molar-refractivity contribution in [3.05, 3.63) is 34.7 Å². The first kappa shape index (κ1) is 20.5. The first-order chi connectivity index (χ1) is 14.9. The van der Waals surface area contributed by atoms with Crippen LogP contribution in [0.2, 0.25) is 0 Å². The third-order valence-corrected chi connectivity index (χ3v) is 7.32. The standard InChI is InChI=1S/C23H29N3O5/c1-29-21(28)17-10-15(17)13-30-16-11-19-18(25-12-16)2-3-20(27)26(19)9-8-23-6-4-22(24,5-7-23)14-31-23/h2-3,11-12,15,17H,4-10,13-14,24H2,1H3. The van der Waals surface area contributed by atoms with Crippen LogP contribution in [0.5, 0.6) is 5.75 Å². The lowest BCUT2D eigenvalue weighted by atomic mass is 9.70. The molecule has 8 nitrogen and oxygen atoms in total. The van der Waals surface area contributed by atoms with E-state index in [0.29, 0.717) is 25.5 Å². The summed E-state index contributed by atoms with van der Waals surface area (Å²) in [6.07, 6.45) is 7.06. The lowest BCUT2D eigenvalue weighted by Gasteiger charge is -2.51. The quantitative estimate of drug-likeness (QED) is 0.674. The fourth-order valence-corrected chi connectivity index (χ4v) is 4.96. The van der Waals surface area contributed by atoms with Gasteiger partial charge in [-0.15, -0.1) is 0 Å². The maximum atomic E-state index is 12.7. The average molecular weight is 428 g/mol. The Morgan fingerprint density at radius 3 is 2.84 bits per heavy atom. The molecule has 2 saturated heterocycles. The molecule has 166 valence electrons. The van der Waals surface area contributed by atoms with E-state index in [1.165, 1.54) is 7.11 Å². The Labute approximate surface area is 180 Å². The van der Waals surface area contributed by atoms with Crippen molar-refractivity contribution in [2.24, 2.45) is 17.6 Å². The third kappa shape index (κ3) is 3.94. The Morgan fingerprint density at radius 2 is 2.13 bits per heavy atom. The van der Waals surface area contributed by atoms with Crippen molar-refractivity contribution in [3.63, 3.8) is 0 Å². The van der Waals surface area contributed by atoms with E-state index in [-0.39, 0.29) is 34.5 Å². The van der Waals surface area contributed by atoms with Crippen molar-refractivity contribution in [3.8, 4) is 5.75 Å². The van der Waals surface area contributed by atoms with Gasteiger partial charge in [-0.1, -0.05) is 0 Å². The normalized spacial score (nSPS) is 31.5. The molecule has 2 aliphatic heterocycles. The summed E-state index contributed by atoms with van der Waals surface area (Å²) in [5.74, 6) is 0.511. The highest BCUT2D eigenvalue weighted by atomic mass is 16.5. The second-order valence-electron chi connectivity index (χ2n) is 9.42. The number of carbonyl (C=O) groups is 1. The second-order valence-corrected chi connectivity index (χ2v) is 9.42. The molecule has 2 bridgehead atoms. The van der Waals surface area contributed by atoms with Gasteiger partial charge in [-0.2, -0.15) is 0 Å². The van der Waals surface area contributed by atoms with E-state index in [0.717, 1.165) is 49.6 Å². The molecule has 2 N–H and O–H groups in total. The maximum Gasteiger partial charge on any atom is 0.309 e. The van der Waals surface area contributed by atoms with Crippen molar-refractivity contribution in [1.82, 2.24) is 9.55 Å². The maximum absolute atomic E-state index is 12.7. The minimum absolute atomic E-state index is 0.0596. The van der Waals surface area contributed by atoms with E-state index in [1.807, 2.05) is 6.07 Å². The molecular formula is C23H29N3O5. The van der Waals surface area contributed by atoms with Gasteiger partial charge in [0.05, 0.1) is 49.1 Å². The minimum Gasteiger partial charge on any atom is -0.492 e. The van der Waals surface area contributed by atoms with Crippen LogP contribution in [-0.2, 0) is 20.8 Å². The number of hydrogen-bond acceptors (Lipinski definition) is 7. The summed E-state index contributed by atoms with van der Waals surface area (Å²) in [5.41, 5.74) is 7.43. The van der Waals surface area contributed by atoms with E-state index >= 15 is 0 Å². The van der Waals surface area contributed by atoms with Gasteiger partial charge in [0.15, 0.2) is 0 Å². The monoisotopic (exact) mass is 427 g/mol. The molecule has 0 spiro atoms. The predicted octanol–water partition coefficient (Wildman–Crippen LogP) is 2.01. The zero-order valence-electron chi connectivity index (χ0n) is 17.8. The van der Waals surface area contributed by atoms with Crippen molar-refractivity contribution < 1.29 is 19.0 Å². The second kappa shape index (κ2) is 7.60. The van der Waals surface area contributed by atoms with E-state index < -0.39 is 0 Å².